The molecule has 0 aliphatic heterocycles. The van der Waals surface area contributed by atoms with Crippen molar-refractivity contribution in [1.82, 2.24) is 30.2 Å². The molecule has 0 bridgehead atoms. The van der Waals surface area contributed by atoms with E-state index in [1.165, 1.54) is 16.5 Å². The molecule has 0 radical (unpaired) electrons. The van der Waals surface area contributed by atoms with E-state index < -0.39 is 0 Å². The van der Waals surface area contributed by atoms with E-state index in [9.17, 15) is 0 Å². The molecular formula is C29H23ClN6. The highest BCUT2D eigenvalue weighted by Crippen LogP contribution is 2.26. The number of benzene rings is 3. The molecule has 36 heavy (non-hydrogen) atoms. The van der Waals surface area contributed by atoms with Gasteiger partial charge in [0.05, 0.1) is 11.2 Å². The van der Waals surface area contributed by atoms with Crippen LogP contribution in [0.25, 0.3) is 34.0 Å². The Morgan fingerprint density at radius 2 is 1.83 bits per heavy atom. The number of aromatic amines is 1. The van der Waals surface area contributed by atoms with E-state index in [-0.39, 0.29) is 5.92 Å². The number of fused-ring (bicyclic) bond motifs is 2. The lowest BCUT2D eigenvalue weighted by Crippen LogP contribution is -2.01. The summed E-state index contributed by atoms with van der Waals surface area (Å²) in [6.45, 7) is 2.87. The minimum atomic E-state index is 0.0599. The van der Waals surface area contributed by atoms with Crippen LogP contribution in [0.15, 0.2) is 85.1 Å². The third-order valence-corrected chi connectivity index (χ3v) is 6.71. The number of hydrogen-bond acceptors (Lipinski definition) is 4. The molecule has 0 amide bonds. The summed E-state index contributed by atoms with van der Waals surface area (Å²) in [5, 5.41) is 17.5. The van der Waals surface area contributed by atoms with Crippen molar-refractivity contribution in [2.45, 2.75) is 19.4 Å². The highest BCUT2D eigenvalue weighted by molar-refractivity contribution is 6.31. The van der Waals surface area contributed by atoms with Gasteiger partial charge in [0.2, 0.25) is 0 Å². The quantitative estimate of drug-likeness (QED) is 0.281. The number of rotatable bonds is 6. The zero-order valence-electron chi connectivity index (χ0n) is 19.6. The summed E-state index contributed by atoms with van der Waals surface area (Å²) in [6, 6.07) is 27.1. The number of hydrogen-bond donors (Lipinski definition) is 1. The topological polar surface area (TPSA) is 72.3 Å². The summed E-state index contributed by atoms with van der Waals surface area (Å²) in [4.78, 5) is 4.72. The van der Waals surface area contributed by atoms with E-state index in [4.69, 9.17) is 16.6 Å². The lowest BCUT2D eigenvalue weighted by molar-refractivity contribution is 0.814. The van der Waals surface area contributed by atoms with Crippen LogP contribution < -0.4 is 0 Å². The molecule has 0 fully saturated rings. The summed E-state index contributed by atoms with van der Waals surface area (Å²) >= 11 is 6.13. The Labute approximate surface area is 213 Å². The van der Waals surface area contributed by atoms with Crippen LogP contribution in [-0.2, 0) is 6.54 Å². The molecule has 7 heteroatoms. The Morgan fingerprint density at radius 3 is 2.72 bits per heavy atom. The number of pyridine rings is 1. The van der Waals surface area contributed by atoms with Gasteiger partial charge in [-0.25, -0.2) is 4.98 Å². The molecule has 0 saturated carbocycles. The van der Waals surface area contributed by atoms with Crippen molar-refractivity contribution in [2.24, 2.45) is 0 Å². The summed E-state index contributed by atoms with van der Waals surface area (Å²) < 4.78 is 2.28. The van der Waals surface area contributed by atoms with Crippen LogP contribution >= 0.6 is 11.6 Å². The van der Waals surface area contributed by atoms with Crippen LogP contribution in [0, 0.1) is 0 Å². The summed E-state index contributed by atoms with van der Waals surface area (Å²) in [5.41, 5.74) is 6.49. The number of aromatic nitrogens is 6. The minimum absolute atomic E-state index is 0.0599. The predicted octanol–water partition coefficient (Wildman–Crippen LogP) is 6.73. The molecule has 6 nitrogen and oxygen atoms in total. The Kier molecular flexibility index (Phi) is 5.79. The second-order valence-corrected chi connectivity index (χ2v) is 9.34. The number of halogens is 1. The zero-order chi connectivity index (χ0) is 24.5. The van der Waals surface area contributed by atoms with E-state index in [0.29, 0.717) is 10.8 Å². The summed E-state index contributed by atoms with van der Waals surface area (Å²) in [6.07, 6.45) is 6.27. The first kappa shape index (κ1) is 22.2. The monoisotopic (exact) mass is 490 g/mol. The van der Waals surface area contributed by atoms with Crippen molar-refractivity contribution in [2.75, 3.05) is 0 Å². The molecule has 1 N–H and O–H groups in total. The van der Waals surface area contributed by atoms with Crippen LogP contribution in [0.5, 0.6) is 0 Å². The molecule has 6 aromatic rings. The van der Waals surface area contributed by atoms with Gasteiger partial charge >= 0.3 is 0 Å². The molecule has 176 valence electrons. The first-order chi connectivity index (χ1) is 17.6. The normalized spacial score (nSPS) is 12.6. The number of tetrazole rings is 1. The van der Waals surface area contributed by atoms with Crippen molar-refractivity contribution in [3.05, 3.63) is 118 Å². The molecule has 3 heterocycles. The fraction of sp³-hybridized carbons (Fsp3) is 0.103. The van der Waals surface area contributed by atoms with Crippen LogP contribution in [0.1, 0.15) is 41.1 Å². The first-order valence-corrected chi connectivity index (χ1v) is 12.2. The Morgan fingerprint density at radius 1 is 0.944 bits per heavy atom. The van der Waals surface area contributed by atoms with Crippen molar-refractivity contribution in [1.29, 1.82) is 0 Å². The summed E-state index contributed by atoms with van der Waals surface area (Å²) in [7, 11) is 0. The van der Waals surface area contributed by atoms with E-state index in [1.807, 2.05) is 30.3 Å². The predicted molar refractivity (Wildman–Crippen MR) is 145 cm³/mol. The van der Waals surface area contributed by atoms with E-state index in [2.05, 4.69) is 99.0 Å². The van der Waals surface area contributed by atoms with Gasteiger partial charge in [0.25, 0.3) is 0 Å². The minimum Gasteiger partial charge on any atom is -0.343 e. The zero-order valence-corrected chi connectivity index (χ0v) is 20.4. The van der Waals surface area contributed by atoms with Crippen molar-refractivity contribution in [3.63, 3.8) is 0 Å². The molecule has 0 spiro atoms. The maximum atomic E-state index is 6.13. The van der Waals surface area contributed by atoms with Gasteiger partial charge in [-0.05, 0) is 64.6 Å². The standard InChI is InChI=1S/C29H23ClN6/c1-19(29-32-34-35-33-29)24-7-6-23-13-14-36(28(23)16-24)18-21-4-2-3-20(15-21)5-11-26-12-9-22-8-10-25(30)17-27(22)31-26/h2-17,19H,18H2,1H3,(H,32,33,34,35)/b11-5+. The second-order valence-electron chi connectivity index (χ2n) is 8.91. The Bertz CT molecular complexity index is 1700. The van der Waals surface area contributed by atoms with Gasteiger partial charge in [0, 0.05) is 34.6 Å². The fourth-order valence-corrected chi connectivity index (χ4v) is 4.65. The first-order valence-electron chi connectivity index (χ1n) is 11.8. The smallest absolute Gasteiger partial charge is 0.181 e. The lowest BCUT2D eigenvalue weighted by atomic mass is 9.99. The maximum absolute atomic E-state index is 6.13. The SMILES string of the molecule is CC(c1ccc2ccn(Cc3cccc(/C=C/c4ccc5ccc(Cl)cc5n4)c3)c2c1)c1nn[nH]n1. The molecule has 0 aliphatic rings. The van der Waals surface area contributed by atoms with Crippen LogP contribution in [0.3, 0.4) is 0 Å². The fourth-order valence-electron chi connectivity index (χ4n) is 4.48. The van der Waals surface area contributed by atoms with Gasteiger partial charge in [-0.1, -0.05) is 72.3 Å². The Hall–Kier alpha value is -4.29. The lowest BCUT2D eigenvalue weighted by Gasteiger charge is -2.11. The highest BCUT2D eigenvalue weighted by Gasteiger charge is 2.14. The van der Waals surface area contributed by atoms with Crippen LogP contribution in [-0.4, -0.2) is 30.2 Å². The van der Waals surface area contributed by atoms with Crippen molar-refractivity contribution < 1.29 is 0 Å². The van der Waals surface area contributed by atoms with Gasteiger partial charge in [0.15, 0.2) is 5.82 Å². The molecule has 0 saturated heterocycles. The van der Waals surface area contributed by atoms with E-state index in [0.717, 1.165) is 34.3 Å². The van der Waals surface area contributed by atoms with Crippen molar-refractivity contribution in [3.8, 4) is 0 Å². The average molecular weight is 491 g/mol. The third-order valence-electron chi connectivity index (χ3n) is 6.47. The van der Waals surface area contributed by atoms with Gasteiger partial charge < -0.3 is 4.57 Å². The van der Waals surface area contributed by atoms with Gasteiger partial charge in [-0.15, -0.1) is 10.2 Å². The highest BCUT2D eigenvalue weighted by atomic mass is 35.5. The second kappa shape index (κ2) is 9.40. The summed E-state index contributed by atoms with van der Waals surface area (Å²) in [5.74, 6) is 0.751. The van der Waals surface area contributed by atoms with E-state index >= 15 is 0 Å². The van der Waals surface area contributed by atoms with Crippen LogP contribution in [0.2, 0.25) is 5.02 Å². The molecule has 3 aromatic heterocycles. The largest absolute Gasteiger partial charge is 0.343 e. The molecule has 6 rings (SSSR count). The molecule has 1 unspecified atom stereocenters. The van der Waals surface area contributed by atoms with Gasteiger partial charge in [-0.3, -0.25) is 0 Å². The molecule has 0 aliphatic carbocycles. The molecular weight excluding hydrogens is 468 g/mol. The maximum Gasteiger partial charge on any atom is 0.181 e. The Balaban J connectivity index is 1.24. The van der Waals surface area contributed by atoms with E-state index in [1.54, 1.807) is 0 Å². The van der Waals surface area contributed by atoms with Gasteiger partial charge in [-0.2, -0.15) is 5.21 Å². The van der Waals surface area contributed by atoms with Crippen LogP contribution in [0.4, 0.5) is 0 Å². The molecule has 1 atom stereocenters. The van der Waals surface area contributed by atoms with Gasteiger partial charge in [0.1, 0.15) is 0 Å². The number of nitrogens with one attached hydrogen (secondary N) is 1. The third kappa shape index (κ3) is 4.51. The number of H-pyrrole nitrogens is 1. The molecule has 3 aromatic carbocycles. The van der Waals surface area contributed by atoms with Crippen molar-refractivity contribution >= 4 is 45.6 Å². The average Bonchev–Trinajstić information content (AvgIpc) is 3.58. The number of nitrogens with zero attached hydrogens (tertiary/aromatic N) is 5.